The maximum atomic E-state index is 12.3. The predicted octanol–water partition coefficient (Wildman–Crippen LogP) is 0.602. The van der Waals surface area contributed by atoms with Crippen LogP contribution in [0, 0.1) is 0 Å². The van der Waals surface area contributed by atoms with Gasteiger partial charge in [-0.15, -0.1) is 0 Å². The largest absolute Gasteiger partial charge is 0.547 e. The number of hydrogen-bond donors (Lipinski definition) is 2. The van der Waals surface area contributed by atoms with E-state index < -0.39 is 31.3 Å². The SMILES string of the molecule is CCC(=O)NC1Cc2cccc(C(=O)OC(C)OC(C)=O)c2OB1O. The van der Waals surface area contributed by atoms with Crippen molar-refractivity contribution in [1.29, 1.82) is 0 Å². The molecule has 2 atom stereocenters. The van der Waals surface area contributed by atoms with Crippen LogP contribution in [0.1, 0.15) is 43.1 Å². The fourth-order valence-corrected chi connectivity index (χ4v) is 2.49. The van der Waals surface area contributed by atoms with Crippen LogP contribution in [0.15, 0.2) is 18.2 Å². The number of ether oxygens (including phenoxy) is 2. The summed E-state index contributed by atoms with van der Waals surface area (Å²) in [7, 11) is -1.29. The third-order valence-corrected chi connectivity index (χ3v) is 3.61. The minimum absolute atomic E-state index is 0.107. The Kier molecular flexibility index (Phi) is 6.03. The number of hydrogen-bond acceptors (Lipinski definition) is 7. The van der Waals surface area contributed by atoms with Crippen LogP contribution in [-0.2, 0) is 25.5 Å². The van der Waals surface area contributed by atoms with Crippen LogP contribution in [-0.4, -0.2) is 42.2 Å². The van der Waals surface area contributed by atoms with Gasteiger partial charge in [0.05, 0.1) is 5.94 Å². The highest BCUT2D eigenvalue weighted by molar-refractivity contribution is 6.47. The first-order chi connectivity index (χ1) is 11.8. The van der Waals surface area contributed by atoms with Crippen molar-refractivity contribution in [1.82, 2.24) is 5.32 Å². The van der Waals surface area contributed by atoms with Crippen LogP contribution < -0.4 is 9.97 Å². The molecular weight excluding hydrogens is 329 g/mol. The summed E-state index contributed by atoms with van der Waals surface area (Å²) < 4.78 is 15.2. The molecule has 25 heavy (non-hydrogen) atoms. The van der Waals surface area contributed by atoms with Crippen LogP contribution in [0.25, 0.3) is 0 Å². The van der Waals surface area contributed by atoms with Gasteiger partial charge in [0, 0.05) is 20.3 Å². The van der Waals surface area contributed by atoms with Crippen LogP contribution >= 0.6 is 0 Å². The molecule has 8 nitrogen and oxygen atoms in total. The zero-order valence-electron chi connectivity index (χ0n) is 14.3. The molecule has 1 amide bonds. The van der Waals surface area contributed by atoms with E-state index >= 15 is 0 Å². The molecule has 1 aliphatic heterocycles. The van der Waals surface area contributed by atoms with Gasteiger partial charge in [-0.05, 0) is 18.1 Å². The maximum Gasteiger partial charge on any atom is 0.547 e. The molecule has 0 aliphatic carbocycles. The van der Waals surface area contributed by atoms with Gasteiger partial charge in [0.25, 0.3) is 0 Å². The minimum atomic E-state index is -1.29. The summed E-state index contributed by atoms with van der Waals surface area (Å²) in [5.41, 5.74) is 0.761. The molecule has 1 aromatic rings. The van der Waals surface area contributed by atoms with Crippen molar-refractivity contribution < 1.29 is 33.5 Å². The van der Waals surface area contributed by atoms with E-state index in [9.17, 15) is 19.4 Å². The summed E-state index contributed by atoms with van der Waals surface area (Å²) in [5.74, 6) is -1.93. The van der Waals surface area contributed by atoms with E-state index in [1.165, 1.54) is 19.9 Å². The molecule has 1 aliphatic rings. The fraction of sp³-hybridized carbons (Fsp3) is 0.438. The van der Waals surface area contributed by atoms with Gasteiger partial charge in [-0.25, -0.2) is 4.79 Å². The van der Waals surface area contributed by atoms with E-state index in [0.717, 1.165) is 0 Å². The van der Waals surface area contributed by atoms with Crippen molar-refractivity contribution in [2.24, 2.45) is 0 Å². The highest BCUT2D eigenvalue weighted by atomic mass is 16.7. The minimum Gasteiger partial charge on any atom is -0.534 e. The lowest BCUT2D eigenvalue weighted by molar-refractivity contribution is -0.162. The second kappa shape index (κ2) is 8.02. The van der Waals surface area contributed by atoms with Crippen molar-refractivity contribution in [3.05, 3.63) is 29.3 Å². The van der Waals surface area contributed by atoms with Gasteiger partial charge < -0.3 is 24.5 Å². The predicted molar refractivity (Wildman–Crippen MR) is 87.6 cm³/mol. The smallest absolute Gasteiger partial charge is 0.534 e. The number of para-hydroxylation sites is 1. The van der Waals surface area contributed by atoms with Crippen LogP contribution in [0.3, 0.4) is 0 Å². The van der Waals surface area contributed by atoms with Gasteiger partial charge in [0.15, 0.2) is 0 Å². The standard InChI is InChI=1S/C16H20BNO7/c1-4-14(20)18-13-8-11-6-5-7-12(15(11)25-17(13)22)16(21)24-10(3)23-9(2)19/h5-7,10,13,22H,4,8H2,1-3H3,(H,18,20). The third-order valence-electron chi connectivity index (χ3n) is 3.61. The Hall–Kier alpha value is -2.55. The lowest BCUT2D eigenvalue weighted by Crippen LogP contribution is -2.53. The van der Waals surface area contributed by atoms with E-state index in [0.29, 0.717) is 12.0 Å². The zero-order chi connectivity index (χ0) is 18.6. The van der Waals surface area contributed by atoms with Gasteiger partial charge in [0.2, 0.25) is 12.2 Å². The molecule has 0 spiro atoms. The lowest BCUT2D eigenvalue weighted by Gasteiger charge is -2.29. The van der Waals surface area contributed by atoms with Gasteiger partial charge in [-0.2, -0.15) is 0 Å². The van der Waals surface area contributed by atoms with Crippen molar-refractivity contribution >= 4 is 25.0 Å². The Bertz CT molecular complexity index is 678. The highest BCUT2D eigenvalue weighted by Crippen LogP contribution is 2.30. The molecule has 134 valence electrons. The normalized spacial score (nSPS) is 17.0. The second-order valence-corrected chi connectivity index (χ2v) is 5.62. The molecule has 1 heterocycles. The number of carbonyl (C=O) groups excluding carboxylic acids is 3. The number of nitrogens with one attached hydrogen (secondary N) is 1. The van der Waals surface area contributed by atoms with Crippen molar-refractivity contribution in [3.8, 4) is 5.75 Å². The number of fused-ring (bicyclic) bond motifs is 1. The Morgan fingerprint density at radius 3 is 2.76 bits per heavy atom. The lowest BCUT2D eigenvalue weighted by atomic mass is 9.72. The summed E-state index contributed by atoms with van der Waals surface area (Å²) >= 11 is 0. The summed E-state index contributed by atoms with van der Waals surface area (Å²) in [6.07, 6.45) is -0.453. The molecule has 0 bridgehead atoms. The summed E-state index contributed by atoms with van der Waals surface area (Å²) in [4.78, 5) is 34.7. The monoisotopic (exact) mass is 349 g/mol. The van der Waals surface area contributed by atoms with Crippen LogP contribution in [0.2, 0.25) is 0 Å². The molecule has 0 fully saturated rings. The molecule has 0 saturated heterocycles. The number of amides is 1. The van der Waals surface area contributed by atoms with E-state index in [1.807, 2.05) is 0 Å². The quantitative estimate of drug-likeness (QED) is 0.455. The van der Waals surface area contributed by atoms with Gasteiger partial charge in [-0.1, -0.05) is 19.1 Å². The number of esters is 2. The van der Waals surface area contributed by atoms with Crippen molar-refractivity contribution in [3.63, 3.8) is 0 Å². The van der Waals surface area contributed by atoms with Gasteiger partial charge in [0.1, 0.15) is 11.3 Å². The average Bonchev–Trinajstić information content (AvgIpc) is 2.53. The van der Waals surface area contributed by atoms with Crippen molar-refractivity contribution in [2.45, 2.75) is 45.8 Å². The molecular formula is C16H20BNO7. The van der Waals surface area contributed by atoms with E-state index in [1.54, 1.807) is 19.1 Å². The van der Waals surface area contributed by atoms with Crippen molar-refractivity contribution in [2.75, 3.05) is 0 Å². The van der Waals surface area contributed by atoms with Crippen LogP contribution in [0.5, 0.6) is 5.75 Å². The number of carbonyl (C=O) groups is 3. The first-order valence-corrected chi connectivity index (χ1v) is 7.96. The molecule has 2 rings (SSSR count). The molecule has 9 heteroatoms. The Morgan fingerprint density at radius 2 is 2.12 bits per heavy atom. The highest BCUT2D eigenvalue weighted by Gasteiger charge is 2.37. The van der Waals surface area contributed by atoms with E-state index in [-0.39, 0.29) is 23.6 Å². The first-order valence-electron chi connectivity index (χ1n) is 7.96. The first kappa shape index (κ1) is 18.8. The molecule has 0 radical (unpaired) electrons. The average molecular weight is 349 g/mol. The molecule has 0 saturated carbocycles. The number of rotatable bonds is 5. The Balaban J connectivity index is 2.17. The van der Waals surface area contributed by atoms with Gasteiger partial charge in [-0.3, -0.25) is 9.59 Å². The molecule has 2 N–H and O–H groups in total. The Labute approximate surface area is 145 Å². The summed E-state index contributed by atoms with van der Waals surface area (Å²) in [6.45, 7) is 4.33. The van der Waals surface area contributed by atoms with Gasteiger partial charge >= 0.3 is 19.1 Å². The number of benzene rings is 1. The fourth-order valence-electron chi connectivity index (χ4n) is 2.49. The van der Waals surface area contributed by atoms with E-state index in [2.05, 4.69) is 5.32 Å². The van der Waals surface area contributed by atoms with Crippen LogP contribution in [0.4, 0.5) is 0 Å². The molecule has 2 unspecified atom stereocenters. The molecule has 1 aromatic carbocycles. The maximum absolute atomic E-state index is 12.3. The third kappa shape index (κ3) is 4.73. The summed E-state index contributed by atoms with van der Waals surface area (Å²) in [5, 5.41) is 12.8. The zero-order valence-corrected chi connectivity index (χ0v) is 14.3. The second-order valence-electron chi connectivity index (χ2n) is 5.62. The van der Waals surface area contributed by atoms with E-state index in [4.69, 9.17) is 14.1 Å². The Morgan fingerprint density at radius 1 is 1.40 bits per heavy atom. The molecule has 0 aromatic heterocycles. The topological polar surface area (TPSA) is 111 Å². The summed E-state index contributed by atoms with van der Waals surface area (Å²) in [6, 6.07) is 4.86.